The number of rotatable bonds is 8. The Labute approximate surface area is 182 Å². The van der Waals surface area contributed by atoms with E-state index >= 15 is 0 Å². The molecule has 2 aliphatic carbocycles. The van der Waals surface area contributed by atoms with Crippen LogP contribution in [0, 0.1) is 23.7 Å². The first-order chi connectivity index (χ1) is 14.7. The fraction of sp³-hybridized carbons (Fsp3) is 0.958. The first kappa shape index (κ1) is 22.5. The highest BCUT2D eigenvalue weighted by atomic mass is 16.4. The number of carboxylic acids is 1. The second-order valence-corrected chi connectivity index (χ2v) is 10.6. The molecule has 2 saturated heterocycles. The van der Waals surface area contributed by atoms with E-state index in [0.29, 0.717) is 18.6 Å². The zero-order valence-corrected chi connectivity index (χ0v) is 18.8. The molecule has 4 aliphatic rings. The molecular formula is C24H44N4O2. The Morgan fingerprint density at radius 2 is 1.80 bits per heavy atom. The van der Waals surface area contributed by atoms with Crippen molar-refractivity contribution in [2.24, 2.45) is 23.7 Å². The number of carbonyl (C=O) groups is 1. The third-order valence-corrected chi connectivity index (χ3v) is 8.37. The van der Waals surface area contributed by atoms with Crippen molar-refractivity contribution in [3.63, 3.8) is 0 Å². The standard InChI is InChI=1S/C24H44N4O2/c29-24(30)8-11-26-22-14-20(19-6-2-1-3-7-19)13-21(15-22)23-9-12-28(27-23)17-18-5-4-10-25-16-18/h18-23,25-27H,1-17H2,(H,29,30). The van der Waals surface area contributed by atoms with E-state index in [9.17, 15) is 4.79 Å². The van der Waals surface area contributed by atoms with E-state index in [1.165, 1.54) is 96.8 Å². The van der Waals surface area contributed by atoms with Crippen LogP contribution >= 0.6 is 0 Å². The van der Waals surface area contributed by atoms with Crippen LogP contribution in [-0.4, -0.2) is 60.9 Å². The Kier molecular flexibility index (Phi) is 8.44. The van der Waals surface area contributed by atoms with Crippen molar-refractivity contribution < 1.29 is 9.90 Å². The van der Waals surface area contributed by atoms with Gasteiger partial charge in [-0.3, -0.25) is 10.2 Å². The summed E-state index contributed by atoms with van der Waals surface area (Å²) in [7, 11) is 0. The summed E-state index contributed by atoms with van der Waals surface area (Å²) in [6.45, 7) is 5.34. The molecule has 0 aromatic carbocycles. The Bertz CT molecular complexity index is 533. The van der Waals surface area contributed by atoms with Gasteiger partial charge < -0.3 is 15.7 Å². The summed E-state index contributed by atoms with van der Waals surface area (Å²) >= 11 is 0. The van der Waals surface area contributed by atoms with Gasteiger partial charge in [0.1, 0.15) is 0 Å². The van der Waals surface area contributed by atoms with Gasteiger partial charge in [0.05, 0.1) is 6.42 Å². The summed E-state index contributed by atoms with van der Waals surface area (Å²) in [6, 6.07) is 1.10. The highest BCUT2D eigenvalue weighted by Gasteiger charge is 2.39. The van der Waals surface area contributed by atoms with Crippen LogP contribution in [0.3, 0.4) is 0 Å². The minimum Gasteiger partial charge on any atom is -0.481 e. The van der Waals surface area contributed by atoms with E-state index in [2.05, 4.69) is 21.1 Å². The second-order valence-electron chi connectivity index (χ2n) is 10.6. The van der Waals surface area contributed by atoms with Crippen LogP contribution in [0.4, 0.5) is 0 Å². The monoisotopic (exact) mass is 420 g/mol. The number of hydrazine groups is 1. The fourth-order valence-electron chi connectivity index (χ4n) is 6.81. The van der Waals surface area contributed by atoms with E-state index in [1.54, 1.807) is 0 Å². The number of hydrogen-bond donors (Lipinski definition) is 4. The predicted octanol–water partition coefficient (Wildman–Crippen LogP) is 2.99. The fourth-order valence-corrected chi connectivity index (χ4v) is 6.81. The molecule has 172 valence electrons. The van der Waals surface area contributed by atoms with Crippen molar-refractivity contribution in [1.82, 2.24) is 21.1 Å². The van der Waals surface area contributed by atoms with Gasteiger partial charge in [0.2, 0.25) is 0 Å². The van der Waals surface area contributed by atoms with Gasteiger partial charge in [0.15, 0.2) is 0 Å². The smallest absolute Gasteiger partial charge is 0.304 e. The molecule has 5 atom stereocenters. The number of carboxylic acid groups (broad SMARTS) is 1. The summed E-state index contributed by atoms with van der Waals surface area (Å²) < 4.78 is 0. The largest absolute Gasteiger partial charge is 0.481 e. The Morgan fingerprint density at radius 3 is 2.57 bits per heavy atom. The molecule has 0 spiro atoms. The van der Waals surface area contributed by atoms with Gasteiger partial charge in [-0.1, -0.05) is 32.1 Å². The molecule has 6 heteroatoms. The molecule has 4 fully saturated rings. The summed E-state index contributed by atoms with van der Waals surface area (Å²) in [5, 5.41) is 18.7. The second kappa shape index (κ2) is 11.3. The van der Waals surface area contributed by atoms with Gasteiger partial charge in [-0.05, 0) is 75.3 Å². The molecule has 30 heavy (non-hydrogen) atoms. The van der Waals surface area contributed by atoms with Gasteiger partial charge in [-0.25, -0.2) is 5.01 Å². The van der Waals surface area contributed by atoms with Gasteiger partial charge >= 0.3 is 5.97 Å². The number of piperidine rings is 1. The first-order valence-corrected chi connectivity index (χ1v) is 12.8. The molecule has 2 heterocycles. The van der Waals surface area contributed by atoms with E-state index < -0.39 is 5.97 Å². The molecule has 0 amide bonds. The molecule has 0 aromatic heterocycles. The molecule has 2 saturated carbocycles. The quantitative estimate of drug-likeness (QED) is 0.484. The van der Waals surface area contributed by atoms with Gasteiger partial charge in [-0.2, -0.15) is 0 Å². The molecule has 0 aromatic rings. The van der Waals surface area contributed by atoms with Gasteiger partial charge in [0.25, 0.3) is 0 Å². The molecule has 0 radical (unpaired) electrons. The minimum atomic E-state index is -0.691. The Balaban J connectivity index is 1.32. The first-order valence-electron chi connectivity index (χ1n) is 12.8. The highest BCUT2D eigenvalue weighted by molar-refractivity contribution is 5.66. The van der Waals surface area contributed by atoms with Crippen molar-refractivity contribution in [3.05, 3.63) is 0 Å². The van der Waals surface area contributed by atoms with Gasteiger partial charge in [-0.15, -0.1) is 0 Å². The third kappa shape index (κ3) is 6.41. The summed E-state index contributed by atoms with van der Waals surface area (Å²) in [5.74, 6) is 2.55. The van der Waals surface area contributed by atoms with Crippen molar-refractivity contribution in [2.45, 2.75) is 89.1 Å². The van der Waals surface area contributed by atoms with Crippen molar-refractivity contribution in [1.29, 1.82) is 0 Å². The normalized spacial score (nSPS) is 36.7. The Morgan fingerprint density at radius 1 is 0.967 bits per heavy atom. The van der Waals surface area contributed by atoms with Crippen LogP contribution in [0.25, 0.3) is 0 Å². The number of nitrogens with zero attached hydrogens (tertiary/aromatic N) is 1. The lowest BCUT2D eigenvalue weighted by atomic mass is 9.67. The topological polar surface area (TPSA) is 76.6 Å². The van der Waals surface area contributed by atoms with Gasteiger partial charge in [0, 0.05) is 31.7 Å². The molecule has 6 nitrogen and oxygen atoms in total. The van der Waals surface area contributed by atoms with Crippen LogP contribution in [0.2, 0.25) is 0 Å². The Hall–Kier alpha value is -0.690. The molecule has 4 N–H and O–H groups in total. The van der Waals surface area contributed by atoms with Crippen LogP contribution in [-0.2, 0) is 4.79 Å². The number of nitrogens with one attached hydrogen (secondary N) is 3. The predicted molar refractivity (Wildman–Crippen MR) is 120 cm³/mol. The maximum Gasteiger partial charge on any atom is 0.304 e. The molecule has 5 unspecified atom stereocenters. The average molecular weight is 421 g/mol. The zero-order chi connectivity index (χ0) is 20.8. The number of aliphatic carboxylic acids is 1. The minimum absolute atomic E-state index is 0.236. The van der Waals surface area contributed by atoms with Crippen molar-refractivity contribution in [2.75, 3.05) is 32.7 Å². The average Bonchev–Trinajstić information content (AvgIpc) is 3.23. The molecule has 2 aliphatic heterocycles. The SMILES string of the molecule is O=C(O)CCNC1CC(C2CCCCC2)CC(C2CCN(CC3CCCNC3)N2)C1. The van der Waals surface area contributed by atoms with Crippen LogP contribution in [0.5, 0.6) is 0 Å². The number of hydrogen-bond acceptors (Lipinski definition) is 5. The lowest BCUT2D eigenvalue weighted by Crippen LogP contribution is -2.48. The van der Waals surface area contributed by atoms with E-state index in [0.717, 1.165) is 23.7 Å². The third-order valence-electron chi connectivity index (χ3n) is 8.37. The van der Waals surface area contributed by atoms with Crippen molar-refractivity contribution in [3.8, 4) is 0 Å². The van der Waals surface area contributed by atoms with E-state index in [1.807, 2.05) is 0 Å². The maximum atomic E-state index is 11.0. The summed E-state index contributed by atoms with van der Waals surface area (Å²) in [5.41, 5.74) is 3.91. The summed E-state index contributed by atoms with van der Waals surface area (Å²) in [6.07, 6.45) is 15.1. The lowest BCUT2D eigenvalue weighted by molar-refractivity contribution is -0.136. The van der Waals surface area contributed by atoms with E-state index in [4.69, 9.17) is 5.11 Å². The van der Waals surface area contributed by atoms with Crippen LogP contribution < -0.4 is 16.1 Å². The molecular weight excluding hydrogens is 376 g/mol. The molecule has 0 bridgehead atoms. The van der Waals surface area contributed by atoms with Crippen LogP contribution in [0.15, 0.2) is 0 Å². The highest BCUT2D eigenvalue weighted by Crippen LogP contribution is 2.42. The van der Waals surface area contributed by atoms with E-state index in [-0.39, 0.29) is 6.42 Å². The van der Waals surface area contributed by atoms with Crippen LogP contribution in [0.1, 0.15) is 77.0 Å². The lowest BCUT2D eigenvalue weighted by Gasteiger charge is -2.42. The zero-order valence-electron chi connectivity index (χ0n) is 18.8. The van der Waals surface area contributed by atoms with Crippen molar-refractivity contribution >= 4 is 5.97 Å². The maximum absolute atomic E-state index is 11.0. The summed E-state index contributed by atoms with van der Waals surface area (Å²) in [4.78, 5) is 11.0. The molecule has 4 rings (SSSR count).